The maximum atomic E-state index is 10.8. The molecule has 0 aliphatic rings. The number of benzene rings is 1. The standard InChI is InChI=1S/C11H12ClNO5/c1-17-10-5-8(7-14)9(13(15)16)6-11(10)18-4-2-3-12/h5-7H,2-4H2,1H3. The number of rotatable bonds is 7. The van der Waals surface area contributed by atoms with Crippen molar-refractivity contribution in [2.45, 2.75) is 6.42 Å². The molecule has 98 valence electrons. The molecule has 0 radical (unpaired) electrons. The Kier molecular flexibility index (Phi) is 5.38. The quantitative estimate of drug-likeness (QED) is 0.251. The summed E-state index contributed by atoms with van der Waals surface area (Å²) in [6, 6.07) is 2.46. The highest BCUT2D eigenvalue weighted by atomic mass is 35.5. The Hall–Kier alpha value is -1.82. The van der Waals surface area contributed by atoms with Gasteiger partial charge in [0, 0.05) is 11.9 Å². The molecule has 0 atom stereocenters. The van der Waals surface area contributed by atoms with E-state index < -0.39 is 4.92 Å². The van der Waals surface area contributed by atoms with Gasteiger partial charge < -0.3 is 9.47 Å². The van der Waals surface area contributed by atoms with Crippen molar-refractivity contribution in [3.05, 3.63) is 27.8 Å². The molecular weight excluding hydrogens is 262 g/mol. The Morgan fingerprint density at radius 1 is 1.44 bits per heavy atom. The maximum Gasteiger partial charge on any atom is 0.283 e. The minimum Gasteiger partial charge on any atom is -0.493 e. The number of hydrogen-bond acceptors (Lipinski definition) is 5. The number of nitrogens with zero attached hydrogens (tertiary/aromatic N) is 1. The second-order valence-electron chi connectivity index (χ2n) is 3.33. The van der Waals surface area contributed by atoms with Gasteiger partial charge in [-0.15, -0.1) is 11.6 Å². The molecule has 0 spiro atoms. The first-order chi connectivity index (χ1) is 8.63. The SMILES string of the molecule is COc1cc(C=O)c([N+](=O)[O-])cc1OCCCCl. The Bertz CT molecular complexity index is 449. The van der Waals surface area contributed by atoms with Crippen LogP contribution in [0.15, 0.2) is 12.1 Å². The fourth-order valence-corrected chi connectivity index (χ4v) is 1.44. The summed E-state index contributed by atoms with van der Waals surface area (Å²) in [6.07, 6.45) is 1.01. The lowest BCUT2D eigenvalue weighted by Crippen LogP contribution is -2.02. The summed E-state index contributed by atoms with van der Waals surface area (Å²) in [5.41, 5.74) is -0.367. The molecule has 1 rings (SSSR count). The molecule has 18 heavy (non-hydrogen) atoms. The topological polar surface area (TPSA) is 78.7 Å². The maximum absolute atomic E-state index is 10.8. The number of carbonyl (C=O) groups is 1. The van der Waals surface area contributed by atoms with Gasteiger partial charge in [-0.25, -0.2) is 0 Å². The van der Waals surface area contributed by atoms with E-state index in [0.29, 0.717) is 25.2 Å². The van der Waals surface area contributed by atoms with E-state index in [-0.39, 0.29) is 22.7 Å². The van der Waals surface area contributed by atoms with E-state index in [1.54, 1.807) is 0 Å². The number of methoxy groups -OCH3 is 1. The number of hydrogen-bond donors (Lipinski definition) is 0. The number of ether oxygens (including phenoxy) is 2. The van der Waals surface area contributed by atoms with Crippen molar-refractivity contribution in [3.63, 3.8) is 0 Å². The number of aldehydes is 1. The third-order valence-corrected chi connectivity index (χ3v) is 2.44. The van der Waals surface area contributed by atoms with Gasteiger partial charge in [-0.1, -0.05) is 0 Å². The molecule has 0 aliphatic carbocycles. The first kappa shape index (κ1) is 14.2. The summed E-state index contributed by atoms with van der Waals surface area (Å²) in [5, 5.41) is 10.8. The van der Waals surface area contributed by atoms with Gasteiger partial charge in [0.1, 0.15) is 0 Å². The molecular formula is C11H12ClNO5. The highest BCUT2D eigenvalue weighted by molar-refractivity contribution is 6.17. The van der Waals surface area contributed by atoms with Crippen LogP contribution in [0.2, 0.25) is 0 Å². The lowest BCUT2D eigenvalue weighted by atomic mass is 10.1. The number of alkyl halides is 1. The number of halogens is 1. The predicted octanol–water partition coefficient (Wildman–Crippen LogP) is 2.42. The van der Waals surface area contributed by atoms with Crippen LogP contribution in [0.4, 0.5) is 5.69 Å². The monoisotopic (exact) mass is 273 g/mol. The van der Waals surface area contributed by atoms with Crippen LogP contribution in [0.5, 0.6) is 11.5 Å². The molecule has 0 fully saturated rings. The number of nitro benzene ring substituents is 1. The van der Waals surface area contributed by atoms with Crippen LogP contribution >= 0.6 is 11.6 Å². The molecule has 0 saturated carbocycles. The van der Waals surface area contributed by atoms with Crippen molar-refractivity contribution in [2.75, 3.05) is 19.6 Å². The Morgan fingerprint density at radius 2 is 2.17 bits per heavy atom. The van der Waals surface area contributed by atoms with Gasteiger partial charge in [0.15, 0.2) is 17.8 Å². The summed E-state index contributed by atoms with van der Waals surface area (Å²) in [6.45, 7) is 0.317. The largest absolute Gasteiger partial charge is 0.493 e. The Labute approximate surface area is 109 Å². The van der Waals surface area contributed by atoms with Crippen molar-refractivity contribution in [3.8, 4) is 11.5 Å². The average molecular weight is 274 g/mol. The fourth-order valence-electron chi connectivity index (χ4n) is 1.33. The van der Waals surface area contributed by atoms with Crippen molar-refractivity contribution in [1.82, 2.24) is 0 Å². The number of carbonyl (C=O) groups excluding carboxylic acids is 1. The minimum atomic E-state index is -0.641. The second kappa shape index (κ2) is 6.80. The van der Waals surface area contributed by atoms with Gasteiger partial charge in [0.25, 0.3) is 5.69 Å². The van der Waals surface area contributed by atoms with Crippen LogP contribution < -0.4 is 9.47 Å². The first-order valence-corrected chi connectivity index (χ1v) is 5.67. The third kappa shape index (κ3) is 3.33. The fraction of sp³-hybridized carbons (Fsp3) is 0.364. The van der Waals surface area contributed by atoms with Gasteiger partial charge in [-0.3, -0.25) is 14.9 Å². The van der Waals surface area contributed by atoms with Gasteiger partial charge >= 0.3 is 0 Å². The summed E-state index contributed by atoms with van der Waals surface area (Å²) in [4.78, 5) is 20.9. The molecule has 0 saturated heterocycles. The van der Waals surface area contributed by atoms with Gasteiger partial charge in [-0.2, -0.15) is 0 Å². The second-order valence-corrected chi connectivity index (χ2v) is 3.71. The molecule has 1 aromatic carbocycles. The minimum absolute atomic E-state index is 0.0541. The Balaban J connectivity index is 3.10. The van der Waals surface area contributed by atoms with Crippen LogP contribution in [-0.4, -0.2) is 30.8 Å². The van der Waals surface area contributed by atoms with Crippen molar-refractivity contribution >= 4 is 23.6 Å². The van der Waals surface area contributed by atoms with Crippen LogP contribution in [0, 0.1) is 10.1 Å². The number of nitro groups is 1. The van der Waals surface area contributed by atoms with E-state index in [2.05, 4.69) is 0 Å². The van der Waals surface area contributed by atoms with Crippen LogP contribution in [0.3, 0.4) is 0 Å². The lowest BCUT2D eigenvalue weighted by Gasteiger charge is -2.10. The van der Waals surface area contributed by atoms with E-state index in [1.165, 1.54) is 19.2 Å². The van der Waals surface area contributed by atoms with E-state index in [1.807, 2.05) is 0 Å². The van der Waals surface area contributed by atoms with Crippen LogP contribution in [0.1, 0.15) is 16.8 Å². The van der Waals surface area contributed by atoms with E-state index >= 15 is 0 Å². The van der Waals surface area contributed by atoms with E-state index in [0.717, 1.165) is 0 Å². The molecule has 0 amide bonds. The normalized spacial score (nSPS) is 9.89. The zero-order valence-electron chi connectivity index (χ0n) is 9.72. The van der Waals surface area contributed by atoms with Crippen LogP contribution in [-0.2, 0) is 0 Å². The summed E-state index contributed by atoms with van der Waals surface area (Å²) in [7, 11) is 1.39. The average Bonchev–Trinajstić information content (AvgIpc) is 2.38. The lowest BCUT2D eigenvalue weighted by molar-refractivity contribution is -0.385. The zero-order chi connectivity index (χ0) is 13.5. The van der Waals surface area contributed by atoms with E-state index in [4.69, 9.17) is 21.1 Å². The molecule has 7 heteroatoms. The summed E-state index contributed by atoms with van der Waals surface area (Å²) in [5.74, 6) is 0.925. The smallest absolute Gasteiger partial charge is 0.283 e. The zero-order valence-corrected chi connectivity index (χ0v) is 10.5. The third-order valence-electron chi connectivity index (χ3n) is 2.17. The molecule has 6 nitrogen and oxygen atoms in total. The predicted molar refractivity (Wildman–Crippen MR) is 65.9 cm³/mol. The molecule has 0 unspecified atom stereocenters. The van der Waals surface area contributed by atoms with Gasteiger partial charge in [-0.05, 0) is 6.42 Å². The summed E-state index contributed by atoms with van der Waals surface area (Å²) < 4.78 is 10.3. The molecule has 0 N–H and O–H groups in total. The van der Waals surface area contributed by atoms with Gasteiger partial charge in [0.05, 0.1) is 30.3 Å². The van der Waals surface area contributed by atoms with Crippen LogP contribution in [0.25, 0.3) is 0 Å². The first-order valence-electron chi connectivity index (χ1n) is 5.14. The highest BCUT2D eigenvalue weighted by Gasteiger charge is 2.19. The molecule has 0 bridgehead atoms. The Morgan fingerprint density at radius 3 is 2.67 bits per heavy atom. The molecule has 1 aromatic rings. The van der Waals surface area contributed by atoms with E-state index in [9.17, 15) is 14.9 Å². The molecule has 0 aliphatic heterocycles. The van der Waals surface area contributed by atoms with Crippen molar-refractivity contribution in [2.24, 2.45) is 0 Å². The summed E-state index contributed by atoms with van der Waals surface area (Å²) >= 11 is 5.51. The highest BCUT2D eigenvalue weighted by Crippen LogP contribution is 2.34. The van der Waals surface area contributed by atoms with Crippen molar-refractivity contribution in [1.29, 1.82) is 0 Å². The van der Waals surface area contributed by atoms with Gasteiger partial charge in [0.2, 0.25) is 0 Å². The molecule has 0 aromatic heterocycles. The van der Waals surface area contributed by atoms with Crippen molar-refractivity contribution < 1.29 is 19.2 Å². The molecule has 0 heterocycles.